The quantitative estimate of drug-likeness (QED) is 0.819. The van der Waals surface area contributed by atoms with Crippen LogP contribution in [0.4, 0.5) is 0 Å². The fourth-order valence-electron chi connectivity index (χ4n) is 5.13. The zero-order valence-electron chi connectivity index (χ0n) is 17.8. The molecule has 0 radical (unpaired) electrons. The van der Waals surface area contributed by atoms with Crippen LogP contribution in [0.2, 0.25) is 0 Å². The summed E-state index contributed by atoms with van der Waals surface area (Å²) in [5.74, 6) is 0.371. The average molecular weight is 393 g/mol. The Bertz CT molecular complexity index is 875. The summed E-state index contributed by atoms with van der Waals surface area (Å²) in [5.41, 5.74) is 2.95. The minimum Gasteiger partial charge on any atom is -0.508 e. The van der Waals surface area contributed by atoms with E-state index < -0.39 is 0 Å². The van der Waals surface area contributed by atoms with Crippen molar-refractivity contribution in [3.63, 3.8) is 0 Å². The monoisotopic (exact) mass is 392 g/mol. The van der Waals surface area contributed by atoms with Gasteiger partial charge < -0.3 is 10.0 Å². The van der Waals surface area contributed by atoms with E-state index in [1.165, 1.54) is 24.0 Å². The van der Waals surface area contributed by atoms with Gasteiger partial charge in [-0.1, -0.05) is 24.3 Å². The van der Waals surface area contributed by atoms with Gasteiger partial charge in [0.1, 0.15) is 5.75 Å². The smallest absolute Gasteiger partial charge is 0.253 e. The summed E-state index contributed by atoms with van der Waals surface area (Å²) < 4.78 is 0. The number of amides is 1. The highest BCUT2D eigenvalue weighted by molar-refractivity contribution is 5.94. The zero-order chi connectivity index (χ0) is 20.6. The third-order valence-electron chi connectivity index (χ3n) is 7.04. The van der Waals surface area contributed by atoms with E-state index in [4.69, 9.17) is 0 Å². The lowest BCUT2D eigenvalue weighted by atomic mass is 9.64. The summed E-state index contributed by atoms with van der Waals surface area (Å²) >= 11 is 0. The molecule has 1 aliphatic carbocycles. The Kier molecular flexibility index (Phi) is 5.39. The number of carbonyl (C=O) groups excluding carboxylic acids is 1. The zero-order valence-corrected chi connectivity index (χ0v) is 17.8. The van der Waals surface area contributed by atoms with Gasteiger partial charge in [0.15, 0.2) is 0 Å². The van der Waals surface area contributed by atoms with Gasteiger partial charge in [-0.2, -0.15) is 0 Å². The molecule has 2 unspecified atom stereocenters. The summed E-state index contributed by atoms with van der Waals surface area (Å²) in [5, 5.41) is 10.2. The molecule has 154 valence electrons. The number of rotatable bonds is 5. The minimum absolute atomic E-state index is 0.0572. The molecule has 0 bridgehead atoms. The fraction of sp³-hybridized carbons (Fsp3) is 0.480. The molecule has 2 fully saturated rings. The first-order valence-corrected chi connectivity index (χ1v) is 10.9. The maximum atomic E-state index is 12.6. The number of carbonyl (C=O) groups is 1. The molecule has 0 spiro atoms. The number of hydrogen-bond acceptors (Lipinski definition) is 3. The Morgan fingerprint density at radius 2 is 1.90 bits per heavy atom. The first-order valence-electron chi connectivity index (χ1n) is 10.9. The molecule has 2 aromatic rings. The molecule has 1 N–H and O–H groups in total. The van der Waals surface area contributed by atoms with Crippen molar-refractivity contribution in [3.05, 3.63) is 65.2 Å². The van der Waals surface area contributed by atoms with Crippen LogP contribution in [0, 0.1) is 0 Å². The number of benzene rings is 2. The van der Waals surface area contributed by atoms with E-state index in [1.54, 1.807) is 11.0 Å². The van der Waals surface area contributed by atoms with E-state index in [0.29, 0.717) is 24.4 Å². The number of likely N-dealkylation sites (tertiary alicyclic amines) is 1. The highest BCUT2D eigenvalue weighted by Crippen LogP contribution is 2.48. The van der Waals surface area contributed by atoms with Crippen molar-refractivity contribution in [2.75, 3.05) is 20.1 Å². The number of aromatic hydroxyl groups is 1. The van der Waals surface area contributed by atoms with Crippen LogP contribution < -0.4 is 0 Å². The standard InChI is InChI=1S/C25H32N2O2/c1-4-26(3)24(29)19-9-11-20(12-10-19)25(21-7-5-8-23(28)17-21)15-6-16-27(18(25)2)22-13-14-22/h5,7-12,17-18,22,28H,4,6,13-16H2,1-3H3. The van der Waals surface area contributed by atoms with E-state index >= 15 is 0 Å². The minimum atomic E-state index is -0.183. The molecule has 29 heavy (non-hydrogen) atoms. The van der Waals surface area contributed by atoms with Crippen LogP contribution in [0.25, 0.3) is 0 Å². The number of piperidine rings is 1. The lowest BCUT2D eigenvalue weighted by Crippen LogP contribution is -2.54. The topological polar surface area (TPSA) is 43.8 Å². The van der Waals surface area contributed by atoms with Gasteiger partial charge in [-0.05, 0) is 81.5 Å². The summed E-state index contributed by atoms with van der Waals surface area (Å²) in [4.78, 5) is 17.0. The first kappa shape index (κ1) is 20.0. The lowest BCUT2D eigenvalue weighted by Gasteiger charge is -2.50. The molecule has 4 heteroatoms. The predicted octanol–water partition coefficient (Wildman–Crippen LogP) is 4.42. The molecular formula is C25H32N2O2. The molecule has 2 atom stereocenters. The summed E-state index contributed by atoms with van der Waals surface area (Å²) in [7, 11) is 1.83. The largest absolute Gasteiger partial charge is 0.508 e. The van der Waals surface area contributed by atoms with E-state index in [0.717, 1.165) is 24.9 Å². The third-order valence-corrected chi connectivity index (χ3v) is 7.04. The molecular weight excluding hydrogens is 360 g/mol. The van der Waals surface area contributed by atoms with Crippen molar-refractivity contribution in [1.82, 2.24) is 9.80 Å². The van der Waals surface area contributed by atoms with Crippen molar-refractivity contribution >= 4 is 5.91 Å². The maximum Gasteiger partial charge on any atom is 0.253 e. The second-order valence-electron chi connectivity index (χ2n) is 8.67. The van der Waals surface area contributed by atoms with Crippen LogP contribution in [0.5, 0.6) is 5.75 Å². The molecule has 0 aromatic heterocycles. The van der Waals surface area contributed by atoms with Gasteiger partial charge in [-0.15, -0.1) is 0 Å². The molecule has 1 saturated carbocycles. The molecule has 1 heterocycles. The SMILES string of the molecule is CCN(C)C(=O)c1ccc(C2(c3cccc(O)c3)CCCN(C3CC3)C2C)cc1. The van der Waals surface area contributed by atoms with E-state index in [9.17, 15) is 9.90 Å². The second kappa shape index (κ2) is 7.83. The number of hydrogen-bond donors (Lipinski definition) is 1. The Morgan fingerprint density at radius 3 is 2.52 bits per heavy atom. The second-order valence-corrected chi connectivity index (χ2v) is 8.67. The number of phenolic OH excluding ortho intramolecular Hbond substituents is 1. The van der Waals surface area contributed by atoms with E-state index in [1.807, 2.05) is 38.2 Å². The molecule has 1 amide bonds. The number of nitrogens with zero attached hydrogens (tertiary/aromatic N) is 2. The maximum absolute atomic E-state index is 12.6. The predicted molar refractivity (Wildman–Crippen MR) is 116 cm³/mol. The van der Waals surface area contributed by atoms with Crippen molar-refractivity contribution in [3.8, 4) is 5.75 Å². The van der Waals surface area contributed by atoms with Crippen molar-refractivity contribution in [2.24, 2.45) is 0 Å². The molecule has 1 saturated heterocycles. The van der Waals surface area contributed by atoms with Crippen LogP contribution in [0.1, 0.15) is 61.0 Å². The Hall–Kier alpha value is -2.33. The van der Waals surface area contributed by atoms with Gasteiger partial charge in [0.05, 0.1) is 0 Å². The molecule has 2 aliphatic rings. The summed E-state index contributed by atoms with van der Waals surface area (Å²) in [6.07, 6.45) is 4.76. The van der Waals surface area contributed by atoms with Crippen LogP contribution in [0.3, 0.4) is 0 Å². The van der Waals surface area contributed by atoms with Crippen LogP contribution in [-0.2, 0) is 5.41 Å². The number of phenols is 1. The Labute approximate surface area is 174 Å². The van der Waals surface area contributed by atoms with Crippen LogP contribution >= 0.6 is 0 Å². The van der Waals surface area contributed by atoms with Crippen LogP contribution in [0.15, 0.2) is 48.5 Å². The van der Waals surface area contributed by atoms with Crippen LogP contribution in [-0.4, -0.2) is 53.0 Å². The third kappa shape index (κ3) is 3.55. The van der Waals surface area contributed by atoms with E-state index in [-0.39, 0.29) is 11.3 Å². The van der Waals surface area contributed by atoms with Gasteiger partial charge in [0.25, 0.3) is 5.91 Å². The van der Waals surface area contributed by atoms with Gasteiger partial charge >= 0.3 is 0 Å². The van der Waals surface area contributed by atoms with Gasteiger partial charge in [-0.25, -0.2) is 0 Å². The van der Waals surface area contributed by atoms with Gasteiger partial charge in [-0.3, -0.25) is 9.69 Å². The fourth-order valence-corrected chi connectivity index (χ4v) is 5.13. The summed E-state index contributed by atoms with van der Waals surface area (Å²) in [6, 6.07) is 17.0. The van der Waals surface area contributed by atoms with Crippen molar-refractivity contribution in [1.29, 1.82) is 0 Å². The molecule has 4 rings (SSSR count). The first-order chi connectivity index (χ1) is 14.0. The van der Waals surface area contributed by atoms with Crippen molar-refractivity contribution < 1.29 is 9.90 Å². The van der Waals surface area contributed by atoms with Gasteiger partial charge in [0, 0.05) is 36.7 Å². The average Bonchev–Trinajstić information content (AvgIpc) is 3.58. The highest BCUT2D eigenvalue weighted by atomic mass is 16.3. The molecule has 2 aromatic carbocycles. The Morgan fingerprint density at radius 1 is 1.17 bits per heavy atom. The normalized spacial score (nSPS) is 25.0. The molecule has 4 nitrogen and oxygen atoms in total. The van der Waals surface area contributed by atoms with E-state index in [2.05, 4.69) is 30.0 Å². The molecule has 1 aliphatic heterocycles. The lowest BCUT2D eigenvalue weighted by molar-refractivity contribution is 0.0802. The summed E-state index contributed by atoms with van der Waals surface area (Å²) in [6.45, 7) is 6.16. The van der Waals surface area contributed by atoms with Gasteiger partial charge in [0.2, 0.25) is 0 Å². The highest BCUT2D eigenvalue weighted by Gasteiger charge is 2.48. The Balaban J connectivity index is 1.78. The van der Waals surface area contributed by atoms with Crippen molar-refractivity contribution in [2.45, 2.75) is 57.0 Å².